The van der Waals surface area contributed by atoms with E-state index in [1.54, 1.807) is 37.4 Å². The maximum atomic E-state index is 12.3. The number of aromatic nitrogens is 1. The molecule has 1 N–H and O–H groups in total. The van der Waals surface area contributed by atoms with E-state index in [1.807, 2.05) is 6.92 Å². The number of nitrogens with one attached hydrogen (secondary N) is 1. The fraction of sp³-hybridized carbons (Fsp3) is 0.214. The average Bonchev–Trinajstić information content (AvgIpc) is 2.37. The standard InChI is InChI=1S/C14H16N2O2S/c1-10(2)9-16-19(17,18)13-7-6-11(3)14-12(13)5-4-8-15-14/h4-8,16H,1,9H2,2-3H3. The highest BCUT2D eigenvalue weighted by Gasteiger charge is 2.17. The van der Waals surface area contributed by atoms with Crippen LogP contribution in [-0.4, -0.2) is 19.9 Å². The molecule has 2 aromatic rings. The Labute approximate surface area is 113 Å². The Bertz CT molecular complexity index is 736. The summed E-state index contributed by atoms with van der Waals surface area (Å²) in [5.41, 5.74) is 2.42. The molecule has 1 aromatic carbocycles. The highest BCUT2D eigenvalue weighted by Crippen LogP contribution is 2.23. The molecule has 0 saturated heterocycles. The van der Waals surface area contributed by atoms with Crippen LogP contribution in [0, 0.1) is 6.92 Å². The minimum Gasteiger partial charge on any atom is -0.256 e. The van der Waals surface area contributed by atoms with Gasteiger partial charge >= 0.3 is 0 Å². The van der Waals surface area contributed by atoms with Gasteiger partial charge < -0.3 is 0 Å². The fourth-order valence-corrected chi connectivity index (χ4v) is 3.11. The van der Waals surface area contributed by atoms with Gasteiger partial charge in [-0.25, -0.2) is 13.1 Å². The van der Waals surface area contributed by atoms with Crippen molar-refractivity contribution in [3.63, 3.8) is 0 Å². The Morgan fingerprint density at radius 3 is 2.79 bits per heavy atom. The van der Waals surface area contributed by atoms with E-state index in [-0.39, 0.29) is 11.4 Å². The summed E-state index contributed by atoms with van der Waals surface area (Å²) in [6, 6.07) is 6.88. The number of hydrogen-bond acceptors (Lipinski definition) is 3. The Morgan fingerprint density at radius 2 is 2.11 bits per heavy atom. The molecule has 0 amide bonds. The van der Waals surface area contributed by atoms with Crippen molar-refractivity contribution in [3.8, 4) is 0 Å². The van der Waals surface area contributed by atoms with Crippen molar-refractivity contribution in [3.05, 3.63) is 48.2 Å². The fourth-order valence-electron chi connectivity index (χ4n) is 1.82. The lowest BCUT2D eigenvalue weighted by Crippen LogP contribution is -2.25. The van der Waals surface area contributed by atoms with Crippen LogP contribution in [-0.2, 0) is 10.0 Å². The van der Waals surface area contributed by atoms with Gasteiger partial charge in [-0.15, -0.1) is 0 Å². The third-order valence-electron chi connectivity index (χ3n) is 2.78. The summed E-state index contributed by atoms with van der Waals surface area (Å²) in [6.07, 6.45) is 1.66. The second-order valence-electron chi connectivity index (χ2n) is 4.56. The third-order valence-corrected chi connectivity index (χ3v) is 4.24. The van der Waals surface area contributed by atoms with Gasteiger partial charge in [-0.1, -0.05) is 18.2 Å². The predicted molar refractivity (Wildman–Crippen MR) is 76.5 cm³/mol. The summed E-state index contributed by atoms with van der Waals surface area (Å²) < 4.78 is 27.1. The van der Waals surface area contributed by atoms with Gasteiger partial charge in [0.2, 0.25) is 10.0 Å². The molecule has 0 spiro atoms. The maximum Gasteiger partial charge on any atom is 0.241 e. The molecule has 4 nitrogen and oxygen atoms in total. The van der Waals surface area contributed by atoms with E-state index >= 15 is 0 Å². The lowest BCUT2D eigenvalue weighted by Gasteiger charge is -2.10. The minimum absolute atomic E-state index is 0.234. The Morgan fingerprint density at radius 1 is 1.37 bits per heavy atom. The minimum atomic E-state index is -3.55. The highest BCUT2D eigenvalue weighted by molar-refractivity contribution is 7.89. The molecule has 0 bridgehead atoms. The maximum absolute atomic E-state index is 12.3. The van der Waals surface area contributed by atoms with Gasteiger partial charge in [0.05, 0.1) is 10.4 Å². The summed E-state index contributed by atoms with van der Waals surface area (Å²) in [5.74, 6) is 0. The van der Waals surface area contributed by atoms with Gasteiger partial charge in [-0.05, 0) is 37.6 Å². The molecule has 0 unspecified atom stereocenters. The molecule has 1 heterocycles. The van der Waals surface area contributed by atoms with Crippen LogP contribution in [0.15, 0.2) is 47.5 Å². The lowest BCUT2D eigenvalue weighted by molar-refractivity contribution is 0.585. The van der Waals surface area contributed by atoms with Crippen molar-refractivity contribution in [1.82, 2.24) is 9.71 Å². The molecule has 0 radical (unpaired) electrons. The molecule has 2 rings (SSSR count). The summed E-state index contributed by atoms with van der Waals surface area (Å²) in [5, 5.41) is 0.636. The van der Waals surface area contributed by atoms with E-state index in [0.717, 1.165) is 11.1 Å². The van der Waals surface area contributed by atoms with E-state index < -0.39 is 10.0 Å². The number of rotatable bonds is 4. The first-order chi connectivity index (χ1) is 8.92. The van der Waals surface area contributed by atoms with Gasteiger partial charge in [0.25, 0.3) is 0 Å². The summed E-state index contributed by atoms with van der Waals surface area (Å²) in [4.78, 5) is 4.49. The van der Waals surface area contributed by atoms with Crippen molar-refractivity contribution < 1.29 is 8.42 Å². The van der Waals surface area contributed by atoms with Crippen LogP contribution in [0.1, 0.15) is 12.5 Å². The monoisotopic (exact) mass is 276 g/mol. The molecule has 0 aliphatic rings. The SMILES string of the molecule is C=C(C)CNS(=O)(=O)c1ccc(C)c2ncccc12. The van der Waals surface area contributed by atoms with E-state index in [4.69, 9.17) is 0 Å². The molecule has 0 saturated carbocycles. The number of benzene rings is 1. The van der Waals surface area contributed by atoms with Gasteiger partial charge in [0.15, 0.2) is 0 Å². The normalized spacial score (nSPS) is 11.7. The zero-order valence-electron chi connectivity index (χ0n) is 11.0. The molecule has 5 heteroatoms. The molecule has 0 aliphatic carbocycles. The van der Waals surface area contributed by atoms with Gasteiger partial charge in [0.1, 0.15) is 0 Å². The van der Waals surface area contributed by atoms with Crippen LogP contribution in [0.3, 0.4) is 0 Å². The van der Waals surface area contributed by atoms with E-state index in [9.17, 15) is 8.42 Å². The van der Waals surface area contributed by atoms with Crippen LogP contribution in [0.2, 0.25) is 0 Å². The molecular weight excluding hydrogens is 260 g/mol. The molecular formula is C14H16N2O2S. The summed E-state index contributed by atoms with van der Waals surface area (Å²) >= 11 is 0. The topological polar surface area (TPSA) is 59.1 Å². The summed E-state index contributed by atoms with van der Waals surface area (Å²) in [6.45, 7) is 7.61. The van der Waals surface area contributed by atoms with Gasteiger partial charge in [0, 0.05) is 18.1 Å². The van der Waals surface area contributed by atoms with Crippen LogP contribution >= 0.6 is 0 Å². The quantitative estimate of drug-likeness (QED) is 0.872. The number of pyridine rings is 1. The molecule has 19 heavy (non-hydrogen) atoms. The predicted octanol–water partition coefficient (Wildman–Crippen LogP) is 2.40. The van der Waals surface area contributed by atoms with Gasteiger partial charge in [-0.2, -0.15) is 0 Å². The molecule has 0 fully saturated rings. The third kappa shape index (κ3) is 2.83. The van der Waals surface area contributed by atoms with Gasteiger partial charge in [-0.3, -0.25) is 4.98 Å². The smallest absolute Gasteiger partial charge is 0.241 e. The number of aryl methyl sites for hydroxylation is 1. The first-order valence-corrected chi connectivity index (χ1v) is 7.38. The lowest BCUT2D eigenvalue weighted by atomic mass is 10.1. The second kappa shape index (κ2) is 5.11. The van der Waals surface area contributed by atoms with Crippen molar-refractivity contribution in [2.45, 2.75) is 18.7 Å². The van der Waals surface area contributed by atoms with Crippen LogP contribution in [0.4, 0.5) is 0 Å². The number of sulfonamides is 1. The van der Waals surface area contributed by atoms with Crippen molar-refractivity contribution >= 4 is 20.9 Å². The van der Waals surface area contributed by atoms with Crippen molar-refractivity contribution in [2.75, 3.05) is 6.54 Å². The number of nitrogens with zero attached hydrogens (tertiary/aromatic N) is 1. The average molecular weight is 276 g/mol. The largest absolute Gasteiger partial charge is 0.256 e. The van der Waals surface area contributed by atoms with Crippen LogP contribution < -0.4 is 4.72 Å². The molecule has 1 aromatic heterocycles. The van der Waals surface area contributed by atoms with Crippen LogP contribution in [0.25, 0.3) is 10.9 Å². The molecule has 0 atom stereocenters. The number of hydrogen-bond donors (Lipinski definition) is 1. The summed E-state index contributed by atoms with van der Waals surface area (Å²) in [7, 11) is -3.55. The first-order valence-electron chi connectivity index (χ1n) is 5.90. The van der Waals surface area contributed by atoms with Crippen molar-refractivity contribution in [2.24, 2.45) is 0 Å². The zero-order valence-corrected chi connectivity index (χ0v) is 11.8. The zero-order chi connectivity index (χ0) is 14.0. The van der Waals surface area contributed by atoms with Crippen molar-refractivity contribution in [1.29, 1.82) is 0 Å². The Hall–Kier alpha value is -1.72. The van der Waals surface area contributed by atoms with Crippen LogP contribution in [0.5, 0.6) is 0 Å². The van der Waals surface area contributed by atoms with E-state index in [0.29, 0.717) is 10.9 Å². The second-order valence-corrected chi connectivity index (χ2v) is 6.30. The number of fused-ring (bicyclic) bond motifs is 1. The Balaban J connectivity index is 2.57. The Kier molecular flexibility index (Phi) is 3.68. The highest BCUT2D eigenvalue weighted by atomic mass is 32.2. The molecule has 0 aliphatic heterocycles. The first kappa shape index (κ1) is 13.7. The van der Waals surface area contributed by atoms with E-state index in [2.05, 4.69) is 16.3 Å². The molecule has 100 valence electrons. The van der Waals surface area contributed by atoms with E-state index in [1.165, 1.54) is 0 Å².